The molecule has 1 saturated carbocycles. The quantitative estimate of drug-likeness (QED) is 0.551. The first-order chi connectivity index (χ1) is 16.7. The van der Waals surface area contributed by atoms with Gasteiger partial charge in [0.25, 0.3) is 5.91 Å². The molecule has 2 aliphatic rings. The van der Waals surface area contributed by atoms with Gasteiger partial charge in [0, 0.05) is 37.8 Å². The molecule has 9 nitrogen and oxygen atoms in total. The minimum atomic E-state index is -3.60. The van der Waals surface area contributed by atoms with Gasteiger partial charge in [-0.05, 0) is 49.2 Å². The van der Waals surface area contributed by atoms with Crippen LogP contribution in [0, 0.1) is 5.92 Å². The van der Waals surface area contributed by atoms with E-state index >= 15 is 0 Å². The Morgan fingerprint density at radius 1 is 1.03 bits per heavy atom. The number of sulfonamides is 1. The van der Waals surface area contributed by atoms with Gasteiger partial charge in [0.15, 0.2) is 0 Å². The lowest BCUT2D eigenvalue weighted by Gasteiger charge is -2.20. The number of anilines is 2. The highest BCUT2D eigenvalue weighted by Crippen LogP contribution is 2.28. The molecule has 0 spiro atoms. The number of hydrogen-bond donors (Lipinski definition) is 2. The number of nitrogens with one attached hydrogen (secondary N) is 2. The zero-order valence-electron chi connectivity index (χ0n) is 19.9. The Balaban J connectivity index is 1.44. The van der Waals surface area contributed by atoms with Crippen molar-refractivity contribution in [2.24, 2.45) is 5.92 Å². The zero-order valence-corrected chi connectivity index (χ0v) is 20.7. The first kappa shape index (κ1) is 24.9. The van der Waals surface area contributed by atoms with E-state index in [4.69, 9.17) is 0 Å². The molecule has 2 fully saturated rings. The molecular formula is C25H30N4O5S. The monoisotopic (exact) mass is 498 g/mol. The summed E-state index contributed by atoms with van der Waals surface area (Å²) in [6.45, 7) is 4.47. The molecule has 2 aromatic rings. The molecule has 0 bridgehead atoms. The minimum absolute atomic E-state index is 0.0295. The van der Waals surface area contributed by atoms with E-state index in [9.17, 15) is 22.8 Å². The molecule has 0 unspecified atom stereocenters. The maximum absolute atomic E-state index is 13.0. The Kier molecular flexibility index (Phi) is 7.23. The van der Waals surface area contributed by atoms with Crippen molar-refractivity contribution < 1.29 is 22.8 Å². The van der Waals surface area contributed by atoms with Crippen molar-refractivity contribution in [3.05, 3.63) is 54.1 Å². The van der Waals surface area contributed by atoms with Gasteiger partial charge in [-0.3, -0.25) is 14.4 Å². The van der Waals surface area contributed by atoms with Crippen molar-refractivity contribution in [1.29, 1.82) is 0 Å². The third-order valence-electron chi connectivity index (χ3n) is 6.33. The van der Waals surface area contributed by atoms with Gasteiger partial charge < -0.3 is 15.5 Å². The highest BCUT2D eigenvalue weighted by Gasteiger charge is 2.36. The fraction of sp³-hybridized carbons (Fsp3) is 0.400. The lowest BCUT2D eigenvalue weighted by molar-refractivity contribution is -0.122. The molecule has 1 aliphatic heterocycles. The number of carbonyl (C=O) groups is 3. The third kappa shape index (κ3) is 5.38. The van der Waals surface area contributed by atoms with Crippen LogP contribution in [0.3, 0.4) is 0 Å². The van der Waals surface area contributed by atoms with Crippen LogP contribution < -0.4 is 15.5 Å². The SMILES string of the molecule is CCN(CC)S(=O)(=O)c1ccc(N2C[C@H](C(=O)Nc3ccccc3C(=O)NC3CC3)CC2=O)cc1. The first-order valence-electron chi connectivity index (χ1n) is 11.9. The van der Waals surface area contributed by atoms with Crippen LogP contribution in [0.1, 0.15) is 43.5 Å². The molecular weight excluding hydrogens is 468 g/mol. The van der Waals surface area contributed by atoms with Gasteiger partial charge in [-0.1, -0.05) is 26.0 Å². The maximum Gasteiger partial charge on any atom is 0.253 e. The van der Waals surface area contributed by atoms with Crippen LogP contribution in [-0.4, -0.2) is 56.1 Å². The summed E-state index contributed by atoms with van der Waals surface area (Å²) in [6.07, 6.45) is 1.95. The van der Waals surface area contributed by atoms with Crippen LogP contribution in [0.2, 0.25) is 0 Å². The third-order valence-corrected chi connectivity index (χ3v) is 8.39. The van der Waals surface area contributed by atoms with Crippen LogP contribution in [-0.2, 0) is 19.6 Å². The number of carbonyl (C=O) groups excluding carboxylic acids is 3. The van der Waals surface area contributed by atoms with E-state index in [1.807, 2.05) is 0 Å². The standard InChI is InChI=1S/C25H30N4O5S/c1-3-28(4-2)35(33,34)20-13-11-19(12-14-20)29-16-17(15-23(29)30)24(31)27-22-8-6-5-7-21(22)25(32)26-18-9-10-18/h5-8,11-14,17-18H,3-4,9-10,15-16H2,1-2H3,(H,26,32)(H,27,31)/t17-/m1/s1. The van der Waals surface area contributed by atoms with Gasteiger partial charge in [-0.25, -0.2) is 8.42 Å². The summed E-state index contributed by atoms with van der Waals surface area (Å²) in [5.74, 6) is -1.38. The molecule has 1 atom stereocenters. The number of nitrogens with zero attached hydrogens (tertiary/aromatic N) is 2. The van der Waals surface area contributed by atoms with E-state index in [0.717, 1.165) is 12.8 Å². The first-order valence-corrected chi connectivity index (χ1v) is 13.3. The normalized spacial score (nSPS) is 18.1. The smallest absolute Gasteiger partial charge is 0.253 e. The summed E-state index contributed by atoms with van der Waals surface area (Å²) < 4.78 is 26.8. The van der Waals surface area contributed by atoms with E-state index in [1.54, 1.807) is 50.2 Å². The van der Waals surface area contributed by atoms with Gasteiger partial charge in [0.05, 0.1) is 22.1 Å². The van der Waals surface area contributed by atoms with E-state index in [-0.39, 0.29) is 41.6 Å². The lowest BCUT2D eigenvalue weighted by Crippen LogP contribution is -2.31. The van der Waals surface area contributed by atoms with E-state index in [1.165, 1.54) is 21.3 Å². The minimum Gasteiger partial charge on any atom is -0.349 e. The van der Waals surface area contributed by atoms with E-state index in [0.29, 0.717) is 30.0 Å². The van der Waals surface area contributed by atoms with Gasteiger partial charge in [-0.2, -0.15) is 4.31 Å². The molecule has 0 aromatic heterocycles. The Labute approximate surface area is 205 Å². The average Bonchev–Trinajstić information content (AvgIpc) is 3.57. The Morgan fingerprint density at radius 2 is 1.69 bits per heavy atom. The van der Waals surface area contributed by atoms with Crippen molar-refractivity contribution in [3.63, 3.8) is 0 Å². The highest BCUT2D eigenvalue weighted by atomic mass is 32.2. The molecule has 1 saturated heterocycles. The summed E-state index contributed by atoms with van der Waals surface area (Å²) in [6, 6.07) is 13.2. The maximum atomic E-state index is 13.0. The van der Waals surface area contributed by atoms with Crippen LogP contribution in [0.25, 0.3) is 0 Å². The second-order valence-corrected chi connectivity index (χ2v) is 10.7. The van der Waals surface area contributed by atoms with Crippen LogP contribution in [0.4, 0.5) is 11.4 Å². The van der Waals surface area contributed by atoms with Crippen molar-refractivity contribution in [2.45, 2.75) is 44.0 Å². The van der Waals surface area contributed by atoms with Crippen molar-refractivity contribution >= 4 is 39.1 Å². The van der Waals surface area contributed by atoms with Gasteiger partial charge >= 0.3 is 0 Å². The summed E-state index contributed by atoms with van der Waals surface area (Å²) in [4.78, 5) is 39.8. The predicted molar refractivity (Wildman–Crippen MR) is 133 cm³/mol. The summed E-state index contributed by atoms with van der Waals surface area (Å²) >= 11 is 0. The molecule has 10 heteroatoms. The molecule has 35 heavy (non-hydrogen) atoms. The molecule has 2 N–H and O–H groups in total. The fourth-order valence-corrected chi connectivity index (χ4v) is 5.62. The Hall–Kier alpha value is -3.24. The van der Waals surface area contributed by atoms with Crippen LogP contribution >= 0.6 is 0 Å². The summed E-state index contributed by atoms with van der Waals surface area (Å²) in [7, 11) is -3.60. The predicted octanol–water partition coefficient (Wildman–Crippen LogP) is 2.60. The van der Waals surface area contributed by atoms with Crippen molar-refractivity contribution in [2.75, 3.05) is 29.9 Å². The van der Waals surface area contributed by atoms with Crippen molar-refractivity contribution in [3.8, 4) is 0 Å². The Morgan fingerprint density at radius 3 is 2.31 bits per heavy atom. The highest BCUT2D eigenvalue weighted by molar-refractivity contribution is 7.89. The molecule has 3 amide bonds. The number of amides is 3. The van der Waals surface area contributed by atoms with Gasteiger partial charge in [0.1, 0.15) is 0 Å². The van der Waals surface area contributed by atoms with Gasteiger partial charge in [-0.15, -0.1) is 0 Å². The second kappa shape index (κ2) is 10.2. The van der Waals surface area contributed by atoms with Crippen LogP contribution in [0.5, 0.6) is 0 Å². The zero-order chi connectivity index (χ0) is 25.2. The number of benzene rings is 2. The second-order valence-electron chi connectivity index (χ2n) is 8.77. The topological polar surface area (TPSA) is 116 Å². The molecule has 1 heterocycles. The molecule has 0 radical (unpaired) electrons. The summed E-state index contributed by atoms with van der Waals surface area (Å²) in [5, 5.41) is 5.73. The van der Waals surface area contributed by atoms with Gasteiger partial charge in [0.2, 0.25) is 21.8 Å². The van der Waals surface area contributed by atoms with E-state index in [2.05, 4.69) is 10.6 Å². The number of rotatable bonds is 9. The largest absolute Gasteiger partial charge is 0.349 e. The fourth-order valence-electron chi connectivity index (χ4n) is 4.16. The lowest BCUT2D eigenvalue weighted by atomic mass is 10.1. The average molecular weight is 499 g/mol. The Bertz CT molecular complexity index is 1220. The van der Waals surface area contributed by atoms with E-state index < -0.39 is 15.9 Å². The van der Waals surface area contributed by atoms with Crippen molar-refractivity contribution in [1.82, 2.24) is 9.62 Å². The summed E-state index contributed by atoms with van der Waals surface area (Å²) in [5.41, 5.74) is 1.33. The number of para-hydroxylation sites is 1. The molecule has 186 valence electrons. The number of hydrogen-bond acceptors (Lipinski definition) is 5. The molecule has 2 aromatic carbocycles. The molecule has 4 rings (SSSR count). The molecule has 1 aliphatic carbocycles. The van der Waals surface area contributed by atoms with Crippen LogP contribution in [0.15, 0.2) is 53.4 Å².